The van der Waals surface area contributed by atoms with Gasteiger partial charge in [-0.05, 0) is 31.2 Å². The fourth-order valence-electron chi connectivity index (χ4n) is 2.26. The van der Waals surface area contributed by atoms with Crippen LogP contribution in [0.4, 0.5) is 5.69 Å². The topological polar surface area (TPSA) is 77.2 Å². The molecule has 0 unspecified atom stereocenters. The van der Waals surface area contributed by atoms with E-state index in [1.165, 1.54) is 11.8 Å². The highest BCUT2D eigenvalue weighted by atomic mass is 32.2. The van der Waals surface area contributed by atoms with E-state index in [2.05, 4.69) is 15.5 Å². The summed E-state index contributed by atoms with van der Waals surface area (Å²) < 4.78 is 10.4. The third-order valence-electron chi connectivity index (χ3n) is 3.41. The first-order chi connectivity index (χ1) is 12.2. The van der Waals surface area contributed by atoms with E-state index in [-0.39, 0.29) is 5.91 Å². The minimum atomic E-state index is -0.200. The van der Waals surface area contributed by atoms with Crippen molar-refractivity contribution in [2.45, 2.75) is 17.6 Å². The summed E-state index contributed by atoms with van der Waals surface area (Å²) in [6.07, 6.45) is 0. The summed E-state index contributed by atoms with van der Waals surface area (Å²) in [5.74, 6) is 2.04. The first-order valence-corrected chi connectivity index (χ1v) is 8.61. The zero-order valence-corrected chi connectivity index (χ0v) is 14.7. The Kier molecular flexibility index (Phi) is 5.35. The molecule has 6 nitrogen and oxygen atoms in total. The third-order valence-corrected chi connectivity index (χ3v) is 4.47. The molecule has 1 aromatic heterocycles. The number of aromatic nitrogens is 2. The van der Waals surface area contributed by atoms with Crippen LogP contribution in [0.25, 0.3) is 0 Å². The normalized spacial score (nSPS) is 10.5. The molecule has 3 aromatic rings. The van der Waals surface area contributed by atoms with Crippen LogP contribution in [0.3, 0.4) is 0 Å². The number of carbonyl (C=O) groups is 1. The lowest BCUT2D eigenvalue weighted by atomic mass is 10.2. The largest absolute Gasteiger partial charge is 0.495 e. The molecule has 0 aliphatic heterocycles. The molecule has 0 aliphatic carbocycles. The monoisotopic (exact) mass is 355 g/mol. The maximum absolute atomic E-state index is 12.7. The van der Waals surface area contributed by atoms with Crippen molar-refractivity contribution in [1.29, 1.82) is 0 Å². The van der Waals surface area contributed by atoms with E-state index in [0.29, 0.717) is 34.5 Å². The summed E-state index contributed by atoms with van der Waals surface area (Å²) in [6, 6.07) is 14.7. The van der Waals surface area contributed by atoms with Crippen LogP contribution < -0.4 is 10.1 Å². The van der Waals surface area contributed by atoms with Gasteiger partial charge < -0.3 is 14.6 Å². The lowest BCUT2D eigenvalue weighted by molar-refractivity contribution is 0.102. The minimum Gasteiger partial charge on any atom is -0.495 e. The van der Waals surface area contributed by atoms with Gasteiger partial charge in [-0.15, -0.1) is 11.8 Å². The fourth-order valence-corrected chi connectivity index (χ4v) is 3.14. The van der Waals surface area contributed by atoms with Gasteiger partial charge in [-0.2, -0.15) is 4.98 Å². The molecular formula is C18H17N3O3S. The highest BCUT2D eigenvalue weighted by molar-refractivity contribution is 7.98. The summed E-state index contributed by atoms with van der Waals surface area (Å²) in [7, 11) is 1.57. The van der Waals surface area contributed by atoms with Crippen molar-refractivity contribution in [2.75, 3.05) is 12.4 Å². The average molecular weight is 355 g/mol. The SMILES string of the molecule is COc1ccccc1NC(=O)c1ccccc1SCc1nc(C)no1. The molecule has 128 valence electrons. The molecule has 1 N–H and O–H groups in total. The molecule has 25 heavy (non-hydrogen) atoms. The number of hydrogen-bond acceptors (Lipinski definition) is 6. The van der Waals surface area contributed by atoms with Crippen LogP contribution in [0.15, 0.2) is 57.9 Å². The zero-order chi connectivity index (χ0) is 17.6. The number of para-hydroxylation sites is 2. The number of benzene rings is 2. The van der Waals surface area contributed by atoms with Crippen molar-refractivity contribution < 1.29 is 14.1 Å². The van der Waals surface area contributed by atoms with Gasteiger partial charge in [-0.3, -0.25) is 4.79 Å². The minimum absolute atomic E-state index is 0.200. The van der Waals surface area contributed by atoms with Crippen LogP contribution in [0, 0.1) is 6.92 Å². The van der Waals surface area contributed by atoms with E-state index in [0.717, 1.165) is 4.90 Å². The Bertz CT molecular complexity index is 879. The van der Waals surface area contributed by atoms with Gasteiger partial charge in [-0.1, -0.05) is 29.4 Å². The second-order valence-corrected chi connectivity index (χ2v) is 6.19. The van der Waals surface area contributed by atoms with Gasteiger partial charge in [0, 0.05) is 4.90 Å². The molecule has 0 atom stereocenters. The van der Waals surface area contributed by atoms with Crippen LogP contribution in [0.1, 0.15) is 22.1 Å². The Hall–Kier alpha value is -2.80. The summed E-state index contributed by atoms with van der Waals surface area (Å²) in [4.78, 5) is 17.7. The first kappa shape index (κ1) is 17.0. The number of amides is 1. The number of carbonyl (C=O) groups excluding carboxylic acids is 1. The van der Waals surface area contributed by atoms with Gasteiger partial charge in [0.2, 0.25) is 5.89 Å². The third kappa shape index (κ3) is 4.19. The number of nitrogens with one attached hydrogen (secondary N) is 1. The molecule has 1 amide bonds. The maximum Gasteiger partial charge on any atom is 0.256 e. The average Bonchev–Trinajstić information content (AvgIpc) is 3.06. The molecule has 3 rings (SSSR count). The first-order valence-electron chi connectivity index (χ1n) is 7.63. The summed E-state index contributed by atoms with van der Waals surface area (Å²) in [5.41, 5.74) is 1.21. The van der Waals surface area contributed by atoms with E-state index in [4.69, 9.17) is 9.26 Å². The van der Waals surface area contributed by atoms with Gasteiger partial charge in [0.15, 0.2) is 5.82 Å². The number of nitrogens with zero attached hydrogens (tertiary/aromatic N) is 2. The molecule has 0 bridgehead atoms. The Labute approximate surface area is 149 Å². The van der Waals surface area contributed by atoms with Crippen molar-refractivity contribution in [2.24, 2.45) is 0 Å². The quantitative estimate of drug-likeness (QED) is 0.675. The molecule has 0 radical (unpaired) electrons. The second kappa shape index (κ2) is 7.85. The molecule has 0 fully saturated rings. The van der Waals surface area contributed by atoms with E-state index in [1.807, 2.05) is 30.3 Å². The van der Waals surface area contributed by atoms with Crippen molar-refractivity contribution in [3.05, 3.63) is 65.8 Å². The highest BCUT2D eigenvalue weighted by Gasteiger charge is 2.14. The lowest BCUT2D eigenvalue weighted by Crippen LogP contribution is -2.13. The Balaban J connectivity index is 1.76. The maximum atomic E-state index is 12.7. The number of ether oxygens (including phenoxy) is 1. The predicted octanol–water partition coefficient (Wildman–Crippen LogP) is 3.93. The number of rotatable bonds is 6. The zero-order valence-electron chi connectivity index (χ0n) is 13.9. The fraction of sp³-hybridized carbons (Fsp3) is 0.167. The molecule has 2 aromatic carbocycles. The van der Waals surface area contributed by atoms with Crippen molar-refractivity contribution in [3.63, 3.8) is 0 Å². The van der Waals surface area contributed by atoms with Gasteiger partial charge in [0.1, 0.15) is 5.75 Å². The van der Waals surface area contributed by atoms with E-state index < -0.39 is 0 Å². The molecule has 0 spiro atoms. The number of hydrogen-bond donors (Lipinski definition) is 1. The standard InChI is InChI=1S/C18H17N3O3S/c1-12-19-17(24-21-12)11-25-16-10-6-3-7-13(16)18(22)20-14-8-4-5-9-15(14)23-2/h3-10H,11H2,1-2H3,(H,20,22). The van der Waals surface area contributed by atoms with Crippen molar-refractivity contribution in [1.82, 2.24) is 10.1 Å². The van der Waals surface area contributed by atoms with Crippen LogP contribution in [0.2, 0.25) is 0 Å². The number of thioether (sulfide) groups is 1. The molecule has 0 saturated heterocycles. The predicted molar refractivity (Wildman–Crippen MR) is 96.0 cm³/mol. The van der Waals surface area contributed by atoms with Gasteiger partial charge in [0.25, 0.3) is 5.91 Å². The van der Waals surface area contributed by atoms with E-state index in [1.54, 1.807) is 32.2 Å². The Morgan fingerprint density at radius 3 is 2.72 bits per heavy atom. The smallest absolute Gasteiger partial charge is 0.256 e. The van der Waals surface area contributed by atoms with Crippen LogP contribution in [0.5, 0.6) is 5.75 Å². The summed E-state index contributed by atoms with van der Waals surface area (Å²) in [5, 5.41) is 6.66. The number of anilines is 1. The highest BCUT2D eigenvalue weighted by Crippen LogP contribution is 2.28. The van der Waals surface area contributed by atoms with E-state index in [9.17, 15) is 4.79 Å². The molecule has 0 saturated carbocycles. The van der Waals surface area contributed by atoms with E-state index >= 15 is 0 Å². The van der Waals surface area contributed by atoms with Gasteiger partial charge in [0.05, 0.1) is 24.1 Å². The van der Waals surface area contributed by atoms with Crippen molar-refractivity contribution >= 4 is 23.4 Å². The van der Waals surface area contributed by atoms with Gasteiger partial charge in [-0.25, -0.2) is 0 Å². The Morgan fingerprint density at radius 1 is 1.20 bits per heavy atom. The number of methoxy groups -OCH3 is 1. The molecule has 0 aliphatic rings. The van der Waals surface area contributed by atoms with Crippen LogP contribution in [-0.4, -0.2) is 23.2 Å². The molecular weight excluding hydrogens is 338 g/mol. The number of aryl methyl sites for hydroxylation is 1. The lowest BCUT2D eigenvalue weighted by Gasteiger charge is -2.12. The van der Waals surface area contributed by atoms with Crippen LogP contribution in [-0.2, 0) is 5.75 Å². The van der Waals surface area contributed by atoms with Crippen LogP contribution >= 0.6 is 11.8 Å². The van der Waals surface area contributed by atoms with Gasteiger partial charge >= 0.3 is 0 Å². The second-order valence-electron chi connectivity index (χ2n) is 5.17. The Morgan fingerprint density at radius 2 is 1.96 bits per heavy atom. The summed E-state index contributed by atoms with van der Waals surface area (Å²) in [6.45, 7) is 1.77. The molecule has 7 heteroatoms. The van der Waals surface area contributed by atoms with Crippen molar-refractivity contribution in [3.8, 4) is 5.75 Å². The molecule has 1 heterocycles. The summed E-state index contributed by atoms with van der Waals surface area (Å²) >= 11 is 1.47.